The van der Waals surface area contributed by atoms with Gasteiger partial charge in [0.25, 0.3) is 0 Å². The van der Waals surface area contributed by atoms with Crippen LogP contribution in [0.25, 0.3) is 0 Å². The molecule has 0 aromatic carbocycles. The van der Waals surface area contributed by atoms with Crippen LogP contribution in [-0.2, 0) is 13.0 Å². The van der Waals surface area contributed by atoms with Gasteiger partial charge in [-0.3, -0.25) is 4.90 Å². The van der Waals surface area contributed by atoms with Crippen molar-refractivity contribution >= 4 is 0 Å². The first kappa shape index (κ1) is 12.5. The van der Waals surface area contributed by atoms with Gasteiger partial charge < -0.3 is 9.63 Å². The first-order valence-electron chi connectivity index (χ1n) is 6.35. The highest BCUT2D eigenvalue weighted by atomic mass is 16.5. The topological polar surface area (TPSA) is 62.4 Å². The van der Waals surface area contributed by atoms with E-state index in [0.717, 1.165) is 57.0 Å². The Hall–Kier alpha value is -0.940. The number of hydrogen-bond acceptors (Lipinski definition) is 5. The number of aliphatic hydroxyl groups is 1. The molecule has 5 nitrogen and oxygen atoms in total. The second-order valence-corrected chi connectivity index (χ2v) is 5.13. The summed E-state index contributed by atoms with van der Waals surface area (Å²) in [6.45, 7) is 6.51. The summed E-state index contributed by atoms with van der Waals surface area (Å²) in [6, 6.07) is 0. The van der Waals surface area contributed by atoms with Crippen molar-refractivity contribution in [1.82, 2.24) is 15.0 Å². The summed E-state index contributed by atoms with van der Waals surface area (Å²) >= 11 is 0. The van der Waals surface area contributed by atoms with Crippen molar-refractivity contribution in [2.24, 2.45) is 0 Å². The van der Waals surface area contributed by atoms with E-state index in [1.165, 1.54) is 0 Å². The fraction of sp³-hybridized carbons (Fsp3) is 0.833. The Morgan fingerprint density at radius 1 is 1.41 bits per heavy atom. The highest BCUT2D eigenvalue weighted by Crippen LogP contribution is 2.21. The van der Waals surface area contributed by atoms with Gasteiger partial charge in [0.1, 0.15) is 0 Å². The van der Waals surface area contributed by atoms with Crippen LogP contribution in [0, 0.1) is 0 Å². The van der Waals surface area contributed by atoms with Crippen molar-refractivity contribution in [2.75, 3.05) is 13.1 Å². The molecule has 0 radical (unpaired) electrons. The summed E-state index contributed by atoms with van der Waals surface area (Å²) in [5, 5.41) is 13.8. The molecule has 2 heterocycles. The van der Waals surface area contributed by atoms with E-state index in [1.54, 1.807) is 0 Å². The van der Waals surface area contributed by atoms with Crippen molar-refractivity contribution in [2.45, 2.75) is 51.7 Å². The predicted molar refractivity (Wildman–Crippen MR) is 63.4 cm³/mol. The molecule has 5 heteroatoms. The van der Waals surface area contributed by atoms with Gasteiger partial charge >= 0.3 is 0 Å². The Bertz CT molecular complexity index is 352. The number of rotatable bonds is 4. The number of hydrogen-bond donors (Lipinski definition) is 1. The molecule has 17 heavy (non-hydrogen) atoms. The molecular weight excluding hydrogens is 218 g/mol. The highest BCUT2D eigenvalue weighted by Gasteiger charge is 2.27. The molecule has 1 N–H and O–H groups in total. The molecule has 0 unspecified atom stereocenters. The van der Waals surface area contributed by atoms with E-state index in [9.17, 15) is 5.11 Å². The molecule has 1 aliphatic heterocycles. The molecular formula is C12H21N3O2. The van der Waals surface area contributed by atoms with Crippen LogP contribution in [0.15, 0.2) is 4.52 Å². The van der Waals surface area contributed by atoms with Crippen LogP contribution in [0.4, 0.5) is 0 Å². The van der Waals surface area contributed by atoms with Crippen molar-refractivity contribution < 1.29 is 9.63 Å². The first-order valence-corrected chi connectivity index (χ1v) is 6.35. The average Bonchev–Trinajstić information content (AvgIpc) is 2.70. The molecule has 96 valence electrons. The first-order chi connectivity index (χ1) is 8.09. The molecule has 0 aliphatic carbocycles. The summed E-state index contributed by atoms with van der Waals surface area (Å²) in [5.74, 6) is 1.49. The summed E-state index contributed by atoms with van der Waals surface area (Å²) in [7, 11) is 0. The number of piperidine rings is 1. The highest BCUT2D eigenvalue weighted by molar-refractivity contribution is 4.89. The number of aromatic nitrogens is 2. The molecule has 0 saturated carbocycles. The standard InChI is InChI=1S/C12H21N3O2/c1-3-4-11-13-10(14-17-11)9-15-7-5-12(2,16)6-8-15/h16H,3-9H2,1-2H3. The normalized spacial score (nSPS) is 20.6. The lowest BCUT2D eigenvalue weighted by atomic mass is 9.94. The Labute approximate surface area is 102 Å². The third-order valence-corrected chi connectivity index (χ3v) is 3.27. The lowest BCUT2D eigenvalue weighted by molar-refractivity contribution is -0.00799. The molecule has 1 fully saturated rings. The van der Waals surface area contributed by atoms with E-state index < -0.39 is 5.60 Å². The van der Waals surface area contributed by atoms with Gasteiger partial charge in [-0.2, -0.15) is 4.98 Å². The zero-order valence-corrected chi connectivity index (χ0v) is 10.6. The second-order valence-electron chi connectivity index (χ2n) is 5.13. The third kappa shape index (κ3) is 3.51. The van der Waals surface area contributed by atoms with E-state index in [2.05, 4.69) is 22.0 Å². The lowest BCUT2D eigenvalue weighted by Gasteiger charge is -2.35. The quantitative estimate of drug-likeness (QED) is 0.859. The minimum atomic E-state index is -0.499. The Morgan fingerprint density at radius 3 is 2.76 bits per heavy atom. The fourth-order valence-corrected chi connectivity index (χ4v) is 2.06. The van der Waals surface area contributed by atoms with E-state index >= 15 is 0 Å². The second kappa shape index (κ2) is 5.14. The van der Waals surface area contributed by atoms with Gasteiger partial charge in [0.05, 0.1) is 12.1 Å². The molecule has 0 atom stereocenters. The Balaban J connectivity index is 1.84. The van der Waals surface area contributed by atoms with Crippen LogP contribution < -0.4 is 0 Å². The van der Waals surface area contributed by atoms with Gasteiger partial charge in [-0.15, -0.1) is 0 Å². The van der Waals surface area contributed by atoms with Crippen LogP contribution in [0.2, 0.25) is 0 Å². The van der Waals surface area contributed by atoms with Crippen LogP contribution in [0.3, 0.4) is 0 Å². The van der Waals surface area contributed by atoms with Crippen LogP contribution in [0.1, 0.15) is 44.8 Å². The molecule has 1 saturated heterocycles. The lowest BCUT2D eigenvalue weighted by Crippen LogP contribution is -2.42. The summed E-state index contributed by atoms with van der Waals surface area (Å²) < 4.78 is 5.15. The monoisotopic (exact) mass is 239 g/mol. The van der Waals surface area contributed by atoms with Gasteiger partial charge in [0.2, 0.25) is 5.89 Å². The van der Waals surface area contributed by atoms with Gasteiger partial charge in [0.15, 0.2) is 5.82 Å². The Morgan fingerprint density at radius 2 is 2.12 bits per heavy atom. The zero-order chi connectivity index (χ0) is 12.3. The van der Waals surface area contributed by atoms with Crippen molar-refractivity contribution in [1.29, 1.82) is 0 Å². The molecule has 0 bridgehead atoms. The zero-order valence-electron chi connectivity index (χ0n) is 10.6. The van der Waals surface area contributed by atoms with E-state index in [1.807, 2.05) is 6.92 Å². The fourth-order valence-electron chi connectivity index (χ4n) is 2.06. The number of aryl methyl sites for hydroxylation is 1. The van der Waals surface area contributed by atoms with Gasteiger partial charge in [-0.1, -0.05) is 12.1 Å². The van der Waals surface area contributed by atoms with Gasteiger partial charge in [-0.25, -0.2) is 0 Å². The van der Waals surface area contributed by atoms with Crippen molar-refractivity contribution in [3.05, 3.63) is 11.7 Å². The molecule has 0 spiro atoms. The maximum absolute atomic E-state index is 9.86. The van der Waals surface area contributed by atoms with Crippen LogP contribution in [0.5, 0.6) is 0 Å². The van der Waals surface area contributed by atoms with E-state index in [4.69, 9.17) is 4.52 Å². The molecule has 1 aromatic rings. The molecule has 1 aliphatic rings. The van der Waals surface area contributed by atoms with Gasteiger partial charge in [-0.05, 0) is 26.2 Å². The van der Waals surface area contributed by atoms with Crippen LogP contribution in [-0.4, -0.2) is 38.8 Å². The predicted octanol–water partition coefficient (Wildman–Crippen LogP) is 1.37. The van der Waals surface area contributed by atoms with Crippen molar-refractivity contribution in [3.8, 4) is 0 Å². The van der Waals surface area contributed by atoms with E-state index in [-0.39, 0.29) is 0 Å². The van der Waals surface area contributed by atoms with E-state index in [0.29, 0.717) is 0 Å². The number of likely N-dealkylation sites (tertiary alicyclic amines) is 1. The van der Waals surface area contributed by atoms with Gasteiger partial charge in [0, 0.05) is 19.5 Å². The smallest absolute Gasteiger partial charge is 0.226 e. The summed E-state index contributed by atoms with van der Waals surface area (Å²) in [4.78, 5) is 6.61. The average molecular weight is 239 g/mol. The van der Waals surface area contributed by atoms with Crippen molar-refractivity contribution in [3.63, 3.8) is 0 Å². The minimum Gasteiger partial charge on any atom is -0.390 e. The maximum Gasteiger partial charge on any atom is 0.226 e. The summed E-state index contributed by atoms with van der Waals surface area (Å²) in [6.07, 6.45) is 3.50. The minimum absolute atomic E-state index is 0.499. The Kier molecular flexibility index (Phi) is 3.79. The SMILES string of the molecule is CCCc1nc(CN2CCC(C)(O)CC2)no1. The molecule has 2 rings (SSSR count). The maximum atomic E-state index is 9.86. The largest absolute Gasteiger partial charge is 0.390 e. The third-order valence-electron chi connectivity index (χ3n) is 3.27. The number of nitrogens with zero attached hydrogens (tertiary/aromatic N) is 3. The molecule has 1 aromatic heterocycles. The van der Waals surface area contributed by atoms with Crippen LogP contribution >= 0.6 is 0 Å². The molecule has 0 amide bonds. The summed E-state index contributed by atoms with van der Waals surface area (Å²) in [5.41, 5.74) is -0.499.